The fraction of sp³-hybridized carbons (Fsp3) is 0.385. The maximum atomic E-state index is 13.9. The summed E-state index contributed by atoms with van der Waals surface area (Å²) < 4.78 is 71.0. The van der Waals surface area contributed by atoms with Crippen LogP contribution in [-0.4, -0.2) is 69.1 Å². The maximum absolute atomic E-state index is 13.9. The molecule has 2 aliphatic rings. The van der Waals surface area contributed by atoms with Gasteiger partial charge in [0, 0.05) is 30.0 Å². The van der Waals surface area contributed by atoms with E-state index < -0.39 is 45.6 Å². The van der Waals surface area contributed by atoms with Gasteiger partial charge in [0.25, 0.3) is 0 Å². The Morgan fingerprint density at radius 1 is 1.24 bits per heavy atom. The van der Waals surface area contributed by atoms with E-state index in [4.69, 9.17) is 9.84 Å². The first-order chi connectivity index (χ1) is 19.3. The van der Waals surface area contributed by atoms with Crippen molar-refractivity contribution < 1.29 is 41.0 Å². The van der Waals surface area contributed by atoms with E-state index in [1.54, 1.807) is 0 Å². The number of nitrogens with zero attached hydrogens (tertiary/aromatic N) is 4. The third kappa shape index (κ3) is 6.77. The number of allylic oxidation sites excluding steroid dienone is 4. The van der Waals surface area contributed by atoms with Crippen LogP contribution in [0.1, 0.15) is 18.9 Å². The van der Waals surface area contributed by atoms with Gasteiger partial charge in [0.05, 0.1) is 59.7 Å². The van der Waals surface area contributed by atoms with E-state index in [1.165, 1.54) is 19.1 Å². The van der Waals surface area contributed by atoms with Gasteiger partial charge >= 0.3 is 18.2 Å². The van der Waals surface area contributed by atoms with E-state index >= 15 is 0 Å². The number of nitriles is 2. The summed E-state index contributed by atoms with van der Waals surface area (Å²) in [5.41, 5.74) is -1.64. The van der Waals surface area contributed by atoms with Gasteiger partial charge in [-0.05, 0) is 37.6 Å². The van der Waals surface area contributed by atoms with Crippen LogP contribution < -0.4 is 10.2 Å². The highest BCUT2D eigenvalue weighted by molar-refractivity contribution is 7.94. The largest absolute Gasteiger partial charge is 0.416 e. The molecule has 1 heterocycles. The number of aliphatic hydroxyl groups is 1. The van der Waals surface area contributed by atoms with Crippen molar-refractivity contribution in [2.75, 3.05) is 37.5 Å². The van der Waals surface area contributed by atoms with Crippen LogP contribution in [0.15, 0.2) is 58.2 Å². The second-order valence-electron chi connectivity index (χ2n) is 9.09. The summed E-state index contributed by atoms with van der Waals surface area (Å²) in [5, 5.41) is 30.8. The number of benzene rings is 1. The Balaban J connectivity index is 2.19. The molecule has 0 spiro atoms. The topological polar surface area (TPSA) is 164 Å². The van der Waals surface area contributed by atoms with Crippen LogP contribution in [0.25, 0.3) is 0 Å². The number of amides is 4. The van der Waals surface area contributed by atoms with Gasteiger partial charge in [-0.1, -0.05) is 12.1 Å². The Bertz CT molecular complexity index is 1500. The van der Waals surface area contributed by atoms with Crippen molar-refractivity contribution in [3.05, 3.63) is 63.7 Å². The summed E-state index contributed by atoms with van der Waals surface area (Å²) in [4.78, 5) is 28.5. The van der Waals surface area contributed by atoms with Gasteiger partial charge in [0.1, 0.15) is 0 Å². The number of rotatable bonds is 8. The molecule has 0 aromatic heterocycles. The van der Waals surface area contributed by atoms with Gasteiger partial charge in [-0.3, -0.25) is 4.90 Å². The van der Waals surface area contributed by atoms with Crippen molar-refractivity contribution >= 4 is 27.6 Å². The predicted octanol–water partition coefficient (Wildman–Crippen LogP) is 3.23. The molecule has 41 heavy (non-hydrogen) atoms. The Kier molecular flexibility index (Phi) is 9.60. The van der Waals surface area contributed by atoms with Crippen molar-refractivity contribution in [1.29, 1.82) is 10.5 Å². The number of hydrogen-bond donors (Lipinski definition) is 2. The van der Waals surface area contributed by atoms with Crippen LogP contribution in [0.4, 0.5) is 28.4 Å². The van der Waals surface area contributed by atoms with E-state index in [0.717, 1.165) is 29.4 Å². The van der Waals surface area contributed by atoms with Gasteiger partial charge in [0.2, 0.25) is 0 Å². The Morgan fingerprint density at radius 3 is 2.54 bits per heavy atom. The van der Waals surface area contributed by atoms with Crippen LogP contribution in [0, 0.1) is 28.6 Å². The molecular formula is C26H26F3N5O6S. The van der Waals surface area contributed by atoms with Gasteiger partial charge in [-0.25, -0.2) is 22.9 Å². The zero-order chi connectivity index (χ0) is 30.5. The number of carbonyl (C=O) groups excluding carboxylic acids is 2. The molecule has 1 aliphatic carbocycles. The lowest BCUT2D eigenvalue weighted by molar-refractivity contribution is -0.137. The fourth-order valence-corrected chi connectivity index (χ4v) is 5.73. The van der Waals surface area contributed by atoms with Crippen LogP contribution in [-0.2, 0) is 20.8 Å². The molecule has 1 aromatic rings. The summed E-state index contributed by atoms with van der Waals surface area (Å²) in [6.07, 6.45) is -1.48. The molecule has 218 valence electrons. The Hall–Kier alpha value is -4.18. The molecule has 15 heteroatoms. The normalized spacial score (nSPS) is 19.8. The monoisotopic (exact) mass is 593 g/mol. The minimum Gasteiger partial charge on any atom is -0.394 e. The SMILES string of the molecule is CC1=C(C#N)[C@@H](C2CC=C(C#N)C=C2S(C)(=O)=O)N(C(=O)NCCOCCO)C(=O)N1c1cccc(C(F)(F)F)c1. The minimum absolute atomic E-state index is 0.0247. The lowest BCUT2D eigenvalue weighted by atomic mass is 9.83. The molecule has 4 amide bonds. The van der Waals surface area contributed by atoms with E-state index in [0.29, 0.717) is 11.0 Å². The van der Waals surface area contributed by atoms with E-state index in [9.17, 15) is 41.7 Å². The van der Waals surface area contributed by atoms with Crippen LogP contribution >= 0.6 is 0 Å². The first-order valence-corrected chi connectivity index (χ1v) is 14.0. The molecule has 2 atom stereocenters. The molecule has 0 radical (unpaired) electrons. The quantitative estimate of drug-likeness (QED) is 0.434. The van der Waals surface area contributed by atoms with Crippen molar-refractivity contribution in [2.45, 2.75) is 25.6 Å². The molecule has 11 nitrogen and oxygen atoms in total. The molecule has 1 unspecified atom stereocenters. The number of carbonyl (C=O) groups is 2. The van der Waals surface area contributed by atoms with Crippen LogP contribution in [0.3, 0.4) is 0 Å². The van der Waals surface area contributed by atoms with Gasteiger partial charge in [-0.2, -0.15) is 23.7 Å². The summed E-state index contributed by atoms with van der Waals surface area (Å²) in [6.45, 7) is 0.792. The molecule has 0 saturated heterocycles. The number of halogens is 3. The van der Waals surface area contributed by atoms with Gasteiger partial charge < -0.3 is 15.2 Å². The fourth-order valence-electron chi connectivity index (χ4n) is 4.62. The molecule has 0 saturated carbocycles. The maximum Gasteiger partial charge on any atom is 0.416 e. The molecule has 0 fully saturated rings. The third-order valence-electron chi connectivity index (χ3n) is 6.42. The Morgan fingerprint density at radius 2 is 1.95 bits per heavy atom. The molecule has 1 aliphatic heterocycles. The average molecular weight is 594 g/mol. The van der Waals surface area contributed by atoms with Crippen LogP contribution in [0.5, 0.6) is 0 Å². The zero-order valence-electron chi connectivity index (χ0n) is 22.0. The Labute approximate surface area is 234 Å². The number of sulfone groups is 1. The summed E-state index contributed by atoms with van der Waals surface area (Å²) in [5.74, 6) is -1.17. The highest BCUT2D eigenvalue weighted by Crippen LogP contribution is 2.41. The first kappa shape index (κ1) is 31.3. The van der Waals surface area contributed by atoms with Crippen molar-refractivity contribution in [1.82, 2.24) is 10.2 Å². The number of urea groups is 2. The number of imide groups is 1. The summed E-state index contributed by atoms with van der Waals surface area (Å²) in [6, 6.07) is 3.86. The van der Waals surface area contributed by atoms with E-state index in [1.807, 2.05) is 12.1 Å². The van der Waals surface area contributed by atoms with Crippen molar-refractivity contribution in [3.63, 3.8) is 0 Å². The first-order valence-electron chi connectivity index (χ1n) is 12.2. The summed E-state index contributed by atoms with van der Waals surface area (Å²) in [7, 11) is -4.01. The molecule has 3 rings (SSSR count). The molecule has 0 bridgehead atoms. The van der Waals surface area contributed by atoms with Gasteiger partial charge in [-0.15, -0.1) is 0 Å². The van der Waals surface area contributed by atoms with Crippen molar-refractivity contribution in [2.24, 2.45) is 5.92 Å². The number of nitrogens with one attached hydrogen (secondary N) is 1. The van der Waals surface area contributed by atoms with Crippen LogP contribution in [0.2, 0.25) is 0 Å². The van der Waals surface area contributed by atoms with Gasteiger partial charge in [0.15, 0.2) is 9.84 Å². The number of hydrogen-bond acceptors (Lipinski definition) is 8. The number of aliphatic hydroxyl groups excluding tert-OH is 1. The number of ether oxygens (including phenoxy) is 1. The van der Waals surface area contributed by atoms with Crippen molar-refractivity contribution in [3.8, 4) is 12.1 Å². The lowest BCUT2D eigenvalue weighted by Gasteiger charge is -2.44. The molecule has 1 aromatic carbocycles. The summed E-state index contributed by atoms with van der Waals surface area (Å²) >= 11 is 0. The molecular weight excluding hydrogens is 567 g/mol. The minimum atomic E-state index is -4.75. The lowest BCUT2D eigenvalue weighted by Crippen LogP contribution is -2.61. The van der Waals surface area contributed by atoms with E-state index in [2.05, 4.69) is 5.32 Å². The second-order valence-corrected chi connectivity index (χ2v) is 11.1. The standard InChI is InChI=1S/C26H26F3N5O6S/c1-16-21(15-31)23(20-7-6-17(14-30)12-22(20)41(2,38)39)34(24(36)32-8-10-40-11-9-35)25(37)33(16)19-5-3-4-18(13-19)26(27,28)29/h3-6,12-13,20,23,35H,7-11H2,1-2H3,(H,32,36)/t20?,23-/m1/s1. The smallest absolute Gasteiger partial charge is 0.394 e. The predicted molar refractivity (Wildman–Crippen MR) is 139 cm³/mol. The van der Waals surface area contributed by atoms with E-state index in [-0.39, 0.29) is 60.2 Å². The molecule has 2 N–H and O–H groups in total. The second kappa shape index (κ2) is 12.6. The number of anilines is 1. The average Bonchev–Trinajstić information content (AvgIpc) is 2.91. The number of alkyl halides is 3. The highest BCUT2D eigenvalue weighted by Gasteiger charge is 2.48. The highest BCUT2D eigenvalue weighted by atomic mass is 32.2. The zero-order valence-corrected chi connectivity index (χ0v) is 22.8. The third-order valence-corrected chi connectivity index (χ3v) is 7.70.